The zero-order chi connectivity index (χ0) is 17.4. The lowest BCUT2D eigenvalue weighted by molar-refractivity contribution is -0.890. The molecule has 0 radical (unpaired) electrons. The van der Waals surface area contributed by atoms with Crippen LogP contribution >= 0.6 is 0 Å². The summed E-state index contributed by atoms with van der Waals surface area (Å²) in [6.45, 7) is 9.71. The van der Waals surface area contributed by atoms with Crippen molar-refractivity contribution in [3.8, 4) is 0 Å². The summed E-state index contributed by atoms with van der Waals surface area (Å²) in [6.07, 6.45) is 20.2. The Hall–Kier alpha value is -0.0400. The highest BCUT2D eigenvalue weighted by molar-refractivity contribution is 4.49. The maximum absolute atomic E-state index is 2.42. The van der Waals surface area contributed by atoms with E-state index in [4.69, 9.17) is 0 Å². The van der Waals surface area contributed by atoms with Crippen molar-refractivity contribution < 1.29 is 4.48 Å². The third-order valence-corrected chi connectivity index (χ3v) is 5.16. The zero-order valence-electron chi connectivity index (χ0n) is 17.3. The standard InChI is InChI=1S/C22H48N/c1-6-7-8-9-10-11-12-13-14-15-17-20-23(4,5)21-18-16-19-22(2)3/h22H,6-21H2,1-5H3/q+1. The first-order valence-corrected chi connectivity index (χ1v) is 10.8. The lowest BCUT2D eigenvalue weighted by atomic mass is 10.1. The van der Waals surface area contributed by atoms with Crippen LogP contribution in [0, 0.1) is 5.92 Å². The minimum atomic E-state index is 0.872. The van der Waals surface area contributed by atoms with Gasteiger partial charge < -0.3 is 4.48 Å². The molecule has 0 bridgehead atoms. The van der Waals surface area contributed by atoms with E-state index in [1.165, 1.54) is 107 Å². The molecule has 0 heterocycles. The first kappa shape index (κ1) is 23.0. The molecular weight excluding hydrogens is 278 g/mol. The van der Waals surface area contributed by atoms with Gasteiger partial charge in [0.25, 0.3) is 0 Å². The smallest absolute Gasteiger partial charge is 0.0782 e. The van der Waals surface area contributed by atoms with Crippen molar-refractivity contribution in [1.29, 1.82) is 0 Å². The second kappa shape index (κ2) is 15.5. The maximum atomic E-state index is 2.42. The van der Waals surface area contributed by atoms with E-state index in [1.807, 2.05) is 0 Å². The summed E-state index contributed by atoms with van der Waals surface area (Å²) in [7, 11) is 4.84. The Morgan fingerprint density at radius 3 is 1.39 bits per heavy atom. The first-order valence-electron chi connectivity index (χ1n) is 10.8. The van der Waals surface area contributed by atoms with Gasteiger partial charge in [0, 0.05) is 0 Å². The molecule has 0 fully saturated rings. The van der Waals surface area contributed by atoms with Gasteiger partial charge in [-0.3, -0.25) is 0 Å². The molecule has 0 aromatic rings. The Bertz CT molecular complexity index is 232. The molecular formula is C22H48N+. The average Bonchev–Trinajstić information content (AvgIpc) is 2.49. The third-order valence-electron chi connectivity index (χ3n) is 5.16. The molecule has 0 atom stereocenters. The summed E-state index contributed by atoms with van der Waals surface area (Å²) < 4.78 is 1.23. The Morgan fingerprint density at radius 2 is 0.957 bits per heavy atom. The molecule has 23 heavy (non-hydrogen) atoms. The van der Waals surface area contributed by atoms with Gasteiger partial charge in [0.2, 0.25) is 0 Å². The SMILES string of the molecule is CCCCCCCCCCCCC[N+](C)(C)CCCCC(C)C. The summed E-state index contributed by atoms with van der Waals surface area (Å²) in [5, 5.41) is 0. The molecule has 0 rings (SSSR count). The molecule has 0 unspecified atom stereocenters. The van der Waals surface area contributed by atoms with Crippen molar-refractivity contribution in [3.63, 3.8) is 0 Å². The number of hydrogen-bond donors (Lipinski definition) is 0. The minimum Gasteiger partial charge on any atom is -0.328 e. The van der Waals surface area contributed by atoms with Crippen LogP contribution in [0.15, 0.2) is 0 Å². The molecule has 0 amide bonds. The van der Waals surface area contributed by atoms with Crippen molar-refractivity contribution in [2.75, 3.05) is 27.2 Å². The van der Waals surface area contributed by atoms with E-state index in [0.29, 0.717) is 0 Å². The highest BCUT2D eigenvalue weighted by atomic mass is 15.3. The summed E-state index contributed by atoms with van der Waals surface area (Å²) in [5.74, 6) is 0.872. The van der Waals surface area contributed by atoms with E-state index < -0.39 is 0 Å². The molecule has 1 nitrogen and oxygen atoms in total. The summed E-state index contributed by atoms with van der Waals surface area (Å²) in [6, 6.07) is 0. The second-order valence-electron chi connectivity index (χ2n) is 8.81. The number of unbranched alkanes of at least 4 members (excludes halogenated alkanes) is 11. The van der Waals surface area contributed by atoms with Crippen LogP contribution in [0.2, 0.25) is 0 Å². The van der Waals surface area contributed by atoms with Crippen LogP contribution in [-0.2, 0) is 0 Å². The summed E-state index contributed by atoms with van der Waals surface area (Å²) in [4.78, 5) is 0. The third kappa shape index (κ3) is 18.1. The molecule has 0 saturated carbocycles. The normalized spacial score (nSPS) is 12.3. The predicted molar refractivity (Wildman–Crippen MR) is 107 cm³/mol. The van der Waals surface area contributed by atoms with Gasteiger partial charge in [-0.1, -0.05) is 85.0 Å². The van der Waals surface area contributed by atoms with Crippen molar-refractivity contribution in [1.82, 2.24) is 0 Å². The van der Waals surface area contributed by atoms with Crippen LogP contribution in [0.3, 0.4) is 0 Å². The van der Waals surface area contributed by atoms with Crippen molar-refractivity contribution in [2.24, 2.45) is 5.92 Å². The molecule has 0 aromatic heterocycles. The average molecular weight is 327 g/mol. The monoisotopic (exact) mass is 326 g/mol. The van der Waals surface area contributed by atoms with Gasteiger partial charge in [-0.25, -0.2) is 0 Å². The van der Waals surface area contributed by atoms with Gasteiger partial charge >= 0.3 is 0 Å². The van der Waals surface area contributed by atoms with Crippen LogP contribution in [0.25, 0.3) is 0 Å². The zero-order valence-corrected chi connectivity index (χ0v) is 17.3. The fraction of sp³-hybridized carbons (Fsp3) is 1.00. The van der Waals surface area contributed by atoms with Crippen LogP contribution in [-0.4, -0.2) is 31.7 Å². The summed E-state index contributed by atoms with van der Waals surface area (Å²) in [5.41, 5.74) is 0. The van der Waals surface area contributed by atoms with Crippen LogP contribution < -0.4 is 0 Å². The van der Waals surface area contributed by atoms with Gasteiger partial charge in [0.15, 0.2) is 0 Å². The number of quaternary nitrogens is 1. The van der Waals surface area contributed by atoms with Crippen molar-refractivity contribution >= 4 is 0 Å². The number of rotatable bonds is 17. The van der Waals surface area contributed by atoms with Crippen LogP contribution in [0.4, 0.5) is 0 Å². The Balaban J connectivity index is 3.32. The molecule has 140 valence electrons. The molecule has 1 heteroatoms. The first-order chi connectivity index (χ1) is 11.0. The molecule has 0 saturated heterocycles. The second-order valence-corrected chi connectivity index (χ2v) is 8.81. The summed E-state index contributed by atoms with van der Waals surface area (Å²) >= 11 is 0. The number of nitrogens with zero attached hydrogens (tertiary/aromatic N) is 1. The largest absolute Gasteiger partial charge is 0.328 e. The van der Waals surface area contributed by atoms with E-state index in [9.17, 15) is 0 Å². The van der Waals surface area contributed by atoms with E-state index in [0.717, 1.165) is 5.92 Å². The quantitative estimate of drug-likeness (QED) is 0.196. The van der Waals surface area contributed by atoms with Gasteiger partial charge in [-0.15, -0.1) is 0 Å². The van der Waals surface area contributed by atoms with Crippen molar-refractivity contribution in [2.45, 2.75) is 111 Å². The van der Waals surface area contributed by atoms with E-state index in [2.05, 4.69) is 34.9 Å². The van der Waals surface area contributed by atoms with E-state index in [-0.39, 0.29) is 0 Å². The molecule has 0 aliphatic rings. The van der Waals surface area contributed by atoms with E-state index in [1.54, 1.807) is 0 Å². The lowest BCUT2D eigenvalue weighted by Gasteiger charge is -2.30. The van der Waals surface area contributed by atoms with Gasteiger partial charge in [0.1, 0.15) is 0 Å². The Morgan fingerprint density at radius 1 is 0.565 bits per heavy atom. The minimum absolute atomic E-state index is 0.872. The molecule has 0 aromatic carbocycles. The van der Waals surface area contributed by atoms with Gasteiger partial charge in [0.05, 0.1) is 27.2 Å². The Labute approximate surface area is 148 Å². The Kier molecular flexibility index (Phi) is 15.5. The van der Waals surface area contributed by atoms with Crippen molar-refractivity contribution in [3.05, 3.63) is 0 Å². The maximum Gasteiger partial charge on any atom is 0.0782 e. The highest BCUT2D eigenvalue weighted by Crippen LogP contribution is 2.13. The van der Waals surface area contributed by atoms with Gasteiger partial charge in [-0.2, -0.15) is 0 Å². The van der Waals surface area contributed by atoms with Crippen LogP contribution in [0.1, 0.15) is 111 Å². The fourth-order valence-corrected chi connectivity index (χ4v) is 3.41. The number of hydrogen-bond acceptors (Lipinski definition) is 0. The van der Waals surface area contributed by atoms with Crippen LogP contribution in [0.5, 0.6) is 0 Å². The highest BCUT2D eigenvalue weighted by Gasteiger charge is 2.13. The molecule has 0 spiro atoms. The topological polar surface area (TPSA) is 0 Å². The van der Waals surface area contributed by atoms with E-state index >= 15 is 0 Å². The molecule has 0 aliphatic carbocycles. The lowest BCUT2D eigenvalue weighted by Crippen LogP contribution is -2.41. The van der Waals surface area contributed by atoms with Gasteiger partial charge in [-0.05, 0) is 31.6 Å². The molecule has 0 aliphatic heterocycles. The molecule has 0 N–H and O–H groups in total. The predicted octanol–water partition coefficient (Wildman–Crippen LogP) is 7.20. The fourth-order valence-electron chi connectivity index (χ4n) is 3.41.